The first-order valence-corrected chi connectivity index (χ1v) is 7.94. The maximum Gasteiger partial charge on any atom is 0.241 e. The van der Waals surface area contributed by atoms with Gasteiger partial charge in [-0.1, -0.05) is 0 Å². The van der Waals surface area contributed by atoms with E-state index in [0.29, 0.717) is 32.4 Å². The van der Waals surface area contributed by atoms with Gasteiger partial charge < -0.3 is 9.64 Å². The van der Waals surface area contributed by atoms with E-state index in [9.17, 15) is 22.0 Å². The average Bonchev–Trinajstić information content (AvgIpc) is 2.46. The zero-order valence-electron chi connectivity index (χ0n) is 11.4. The molecule has 1 aromatic rings. The minimum Gasteiger partial charge on any atom is -0.378 e. The second kappa shape index (κ2) is 6.07. The van der Waals surface area contributed by atoms with E-state index in [1.807, 2.05) is 0 Å². The van der Waals surface area contributed by atoms with Gasteiger partial charge in [-0.15, -0.1) is 0 Å². The number of nitrogens with zero attached hydrogens (tertiary/aromatic N) is 1. The minimum atomic E-state index is -4.21. The normalized spacial score (nSPS) is 17.6. The highest BCUT2D eigenvalue weighted by molar-refractivity contribution is 7.92. The second-order valence-corrected chi connectivity index (χ2v) is 6.94. The number of hydrogen-bond acceptors (Lipinski definition) is 4. The molecule has 5 nitrogen and oxygen atoms in total. The quantitative estimate of drug-likeness (QED) is 0.779. The molecule has 1 aromatic carbocycles. The summed E-state index contributed by atoms with van der Waals surface area (Å²) < 4.78 is 56.2. The van der Waals surface area contributed by atoms with Crippen molar-refractivity contribution < 1.29 is 26.7 Å². The van der Waals surface area contributed by atoms with E-state index in [4.69, 9.17) is 4.74 Å². The summed E-state index contributed by atoms with van der Waals surface area (Å²) >= 11 is 0. The largest absolute Gasteiger partial charge is 0.378 e. The van der Waals surface area contributed by atoms with Crippen LogP contribution in [0, 0.1) is 11.6 Å². The van der Waals surface area contributed by atoms with Crippen molar-refractivity contribution in [1.82, 2.24) is 4.90 Å². The van der Waals surface area contributed by atoms with Crippen molar-refractivity contribution in [3.05, 3.63) is 29.8 Å². The highest BCUT2D eigenvalue weighted by Crippen LogP contribution is 2.22. The molecular formula is C13H15F2NO4S. The van der Waals surface area contributed by atoms with E-state index >= 15 is 0 Å². The van der Waals surface area contributed by atoms with Crippen molar-refractivity contribution in [2.75, 3.05) is 26.3 Å². The summed E-state index contributed by atoms with van der Waals surface area (Å²) in [6.07, 6.45) is 0. The van der Waals surface area contributed by atoms with Crippen molar-refractivity contribution in [2.45, 2.75) is 17.1 Å². The molecule has 1 aliphatic heterocycles. The Labute approximate surface area is 121 Å². The summed E-state index contributed by atoms with van der Waals surface area (Å²) in [5.74, 6) is -2.68. The lowest BCUT2D eigenvalue weighted by molar-refractivity contribution is -0.134. The number of amides is 1. The maximum absolute atomic E-state index is 13.6. The molecule has 1 aliphatic rings. The lowest BCUT2D eigenvalue weighted by Crippen LogP contribution is -2.47. The number of carbonyl (C=O) groups is 1. The molecule has 0 N–H and O–H groups in total. The van der Waals surface area contributed by atoms with Gasteiger partial charge in [0.2, 0.25) is 5.91 Å². The Morgan fingerprint density at radius 1 is 1.29 bits per heavy atom. The van der Waals surface area contributed by atoms with Gasteiger partial charge in [0.15, 0.2) is 9.84 Å². The summed E-state index contributed by atoms with van der Waals surface area (Å²) in [7, 11) is -4.21. The fraction of sp³-hybridized carbons (Fsp3) is 0.462. The van der Waals surface area contributed by atoms with Crippen LogP contribution in [0.25, 0.3) is 0 Å². The van der Waals surface area contributed by atoms with Crippen LogP contribution >= 0.6 is 0 Å². The molecule has 0 bridgehead atoms. The van der Waals surface area contributed by atoms with Crippen molar-refractivity contribution >= 4 is 15.7 Å². The summed E-state index contributed by atoms with van der Waals surface area (Å²) in [5.41, 5.74) is 0. The van der Waals surface area contributed by atoms with Gasteiger partial charge in [0.25, 0.3) is 0 Å². The Kier molecular flexibility index (Phi) is 4.58. The van der Waals surface area contributed by atoms with Gasteiger partial charge in [-0.2, -0.15) is 0 Å². The van der Waals surface area contributed by atoms with Crippen LogP contribution in [0.5, 0.6) is 0 Å². The van der Waals surface area contributed by atoms with Crippen molar-refractivity contribution in [1.29, 1.82) is 0 Å². The van der Waals surface area contributed by atoms with Gasteiger partial charge in [0.05, 0.1) is 13.2 Å². The van der Waals surface area contributed by atoms with Crippen LogP contribution < -0.4 is 0 Å². The molecule has 0 spiro atoms. The first kappa shape index (κ1) is 15.8. The lowest BCUT2D eigenvalue weighted by Gasteiger charge is -2.29. The van der Waals surface area contributed by atoms with Crippen LogP contribution in [0.15, 0.2) is 23.1 Å². The van der Waals surface area contributed by atoms with Crippen molar-refractivity contribution in [3.63, 3.8) is 0 Å². The predicted molar refractivity (Wildman–Crippen MR) is 70.4 cm³/mol. The van der Waals surface area contributed by atoms with Crippen molar-refractivity contribution in [3.8, 4) is 0 Å². The monoisotopic (exact) mass is 319 g/mol. The molecular weight excluding hydrogens is 304 g/mol. The van der Waals surface area contributed by atoms with Gasteiger partial charge in [0, 0.05) is 19.2 Å². The number of ether oxygens (including phenoxy) is 1. The molecule has 0 unspecified atom stereocenters. The Balaban J connectivity index is 2.27. The van der Waals surface area contributed by atoms with Crippen LogP contribution in [0.3, 0.4) is 0 Å². The predicted octanol–water partition coefficient (Wildman–Crippen LogP) is 0.986. The van der Waals surface area contributed by atoms with Gasteiger partial charge in [-0.25, -0.2) is 17.2 Å². The van der Waals surface area contributed by atoms with E-state index in [1.54, 1.807) is 0 Å². The third-order valence-corrected chi connectivity index (χ3v) is 5.41. The lowest BCUT2D eigenvalue weighted by atomic mass is 10.3. The highest BCUT2D eigenvalue weighted by Gasteiger charge is 2.35. The standard InChI is InChI=1S/C13H15F2NO4S/c1-9(13(17)16-4-6-20-7-5-16)21(18,19)12-3-2-10(14)8-11(12)15/h2-3,8-9H,4-7H2,1H3/t9-/m1/s1. The fourth-order valence-electron chi connectivity index (χ4n) is 2.07. The number of rotatable bonds is 3. The SMILES string of the molecule is C[C@H](C(=O)N1CCOCC1)S(=O)(=O)c1ccc(F)cc1F. The zero-order chi connectivity index (χ0) is 15.6. The number of sulfone groups is 1. The van der Waals surface area contributed by atoms with Crippen LogP contribution in [0.4, 0.5) is 8.78 Å². The van der Waals surface area contributed by atoms with E-state index in [2.05, 4.69) is 0 Å². The molecule has 2 rings (SSSR count). The van der Waals surface area contributed by atoms with E-state index < -0.39 is 37.5 Å². The first-order valence-electron chi connectivity index (χ1n) is 6.39. The van der Waals surface area contributed by atoms with Crippen LogP contribution in [0.1, 0.15) is 6.92 Å². The topological polar surface area (TPSA) is 63.7 Å². The molecule has 1 saturated heterocycles. The van der Waals surface area contributed by atoms with Gasteiger partial charge in [-0.3, -0.25) is 4.79 Å². The summed E-state index contributed by atoms with van der Waals surface area (Å²) in [6.45, 7) is 2.47. The molecule has 116 valence electrons. The molecule has 1 atom stereocenters. The molecule has 0 radical (unpaired) electrons. The number of morpholine rings is 1. The molecule has 8 heteroatoms. The number of benzene rings is 1. The zero-order valence-corrected chi connectivity index (χ0v) is 12.2. The van der Waals surface area contributed by atoms with Gasteiger partial charge >= 0.3 is 0 Å². The molecule has 0 aliphatic carbocycles. The third-order valence-electron chi connectivity index (χ3n) is 3.34. The van der Waals surface area contributed by atoms with Crippen LogP contribution in [-0.4, -0.2) is 50.8 Å². The van der Waals surface area contributed by atoms with Gasteiger partial charge in [0.1, 0.15) is 21.8 Å². The fourth-order valence-corrected chi connectivity index (χ4v) is 3.45. The van der Waals surface area contributed by atoms with Gasteiger partial charge in [-0.05, 0) is 19.1 Å². The number of halogens is 2. The second-order valence-electron chi connectivity index (χ2n) is 4.70. The molecule has 21 heavy (non-hydrogen) atoms. The molecule has 1 fully saturated rings. The molecule has 1 amide bonds. The molecule has 1 heterocycles. The number of hydrogen-bond donors (Lipinski definition) is 0. The minimum absolute atomic E-state index is 0.296. The molecule has 0 aromatic heterocycles. The van der Waals surface area contributed by atoms with E-state index in [1.165, 1.54) is 11.8 Å². The van der Waals surface area contributed by atoms with Crippen molar-refractivity contribution in [2.24, 2.45) is 0 Å². The maximum atomic E-state index is 13.6. The first-order chi connectivity index (χ1) is 9.84. The molecule has 0 saturated carbocycles. The smallest absolute Gasteiger partial charge is 0.241 e. The summed E-state index contributed by atoms with van der Waals surface area (Å²) in [4.78, 5) is 12.9. The Morgan fingerprint density at radius 3 is 2.48 bits per heavy atom. The Morgan fingerprint density at radius 2 is 1.90 bits per heavy atom. The summed E-state index contributed by atoms with van der Waals surface area (Å²) in [6, 6.07) is 2.17. The summed E-state index contributed by atoms with van der Waals surface area (Å²) in [5, 5.41) is -1.43. The third kappa shape index (κ3) is 3.21. The Hall–Kier alpha value is -1.54. The Bertz CT molecular complexity index is 642. The van der Waals surface area contributed by atoms with Crippen LogP contribution in [-0.2, 0) is 19.4 Å². The highest BCUT2D eigenvalue weighted by atomic mass is 32.2. The number of carbonyl (C=O) groups excluding carboxylic acids is 1. The van der Waals surface area contributed by atoms with E-state index in [-0.39, 0.29) is 0 Å². The average molecular weight is 319 g/mol. The van der Waals surface area contributed by atoms with Crippen LogP contribution in [0.2, 0.25) is 0 Å². The van der Waals surface area contributed by atoms with E-state index in [0.717, 1.165) is 12.1 Å².